The zero-order valence-corrected chi connectivity index (χ0v) is 31.9. The summed E-state index contributed by atoms with van der Waals surface area (Å²) in [6.07, 6.45) is -5.64. The standard InChI is InChI=1S/C37H45F4N5O8S/c1-6-22-17-36(22,32(49)44-55(51,52)35(5)13-14-35)43-30(47)28-16-25(53-33(50)45-18-21-9-7-12-27(38)26(21)20-45)19-46(28)31(48)29(34(2,3)4)42-23-10-8-11-24(15-23)54-37(39,40)41/h7-12,15,22,25,28-29,42H,6,13-14,16-20H2,1-5H3,(H,43,47)(H,44,49). The number of hydrogen-bond donors (Lipinski definition) is 3. The van der Waals surface area contributed by atoms with Crippen LogP contribution in [-0.4, -0.2) is 83.4 Å². The average molecular weight is 796 g/mol. The highest BCUT2D eigenvalue weighted by Crippen LogP contribution is 2.48. The smallest absolute Gasteiger partial charge is 0.444 e. The number of anilines is 1. The van der Waals surface area contributed by atoms with Gasteiger partial charge in [0.05, 0.1) is 17.8 Å². The molecular formula is C37H45F4N5O8S. The Morgan fingerprint density at radius 3 is 2.33 bits per heavy atom. The van der Waals surface area contributed by atoms with E-state index in [-0.39, 0.29) is 38.2 Å². The van der Waals surface area contributed by atoms with E-state index < -0.39 is 91.6 Å². The number of nitrogens with zero attached hydrogens (tertiary/aromatic N) is 2. The number of carbonyl (C=O) groups is 4. The minimum Gasteiger partial charge on any atom is -0.444 e. The number of nitrogens with one attached hydrogen (secondary N) is 3. The Kier molecular flexibility index (Phi) is 10.3. The zero-order valence-electron chi connectivity index (χ0n) is 31.1. The molecule has 18 heteroatoms. The van der Waals surface area contributed by atoms with Gasteiger partial charge in [-0.15, -0.1) is 13.2 Å². The Balaban J connectivity index is 1.25. The molecule has 300 valence electrons. The van der Waals surface area contributed by atoms with Gasteiger partial charge in [0.15, 0.2) is 0 Å². The number of amides is 4. The minimum absolute atomic E-state index is 0.0504. The number of ether oxygens (including phenoxy) is 2. The lowest BCUT2D eigenvalue weighted by atomic mass is 9.85. The Hall–Kier alpha value is -4.61. The van der Waals surface area contributed by atoms with E-state index in [0.717, 1.165) is 12.1 Å². The topological polar surface area (TPSA) is 163 Å². The third kappa shape index (κ3) is 8.33. The van der Waals surface area contributed by atoms with Gasteiger partial charge in [0.2, 0.25) is 21.8 Å². The number of alkyl halides is 3. The maximum absolute atomic E-state index is 14.6. The number of halogens is 4. The summed E-state index contributed by atoms with van der Waals surface area (Å²) >= 11 is 0. The summed E-state index contributed by atoms with van der Waals surface area (Å²) in [5.41, 5.74) is -1.40. The lowest BCUT2D eigenvalue weighted by Gasteiger charge is -2.36. The molecule has 2 heterocycles. The molecule has 2 aliphatic heterocycles. The molecule has 5 atom stereocenters. The molecule has 6 rings (SSSR count). The van der Waals surface area contributed by atoms with E-state index in [2.05, 4.69) is 20.1 Å². The van der Waals surface area contributed by atoms with Gasteiger partial charge in [-0.05, 0) is 61.3 Å². The third-order valence-electron chi connectivity index (χ3n) is 11.0. The molecule has 2 aromatic rings. The molecule has 55 heavy (non-hydrogen) atoms. The van der Waals surface area contributed by atoms with Gasteiger partial charge in [0, 0.05) is 30.3 Å². The molecule has 1 saturated heterocycles. The number of carbonyl (C=O) groups excluding carboxylic acids is 4. The number of benzene rings is 2. The van der Waals surface area contributed by atoms with E-state index in [1.54, 1.807) is 33.8 Å². The van der Waals surface area contributed by atoms with Crippen molar-refractivity contribution in [1.29, 1.82) is 0 Å². The summed E-state index contributed by atoms with van der Waals surface area (Å²) < 4.78 is 90.3. The fourth-order valence-corrected chi connectivity index (χ4v) is 8.57. The van der Waals surface area contributed by atoms with Crippen LogP contribution < -0.4 is 20.1 Å². The van der Waals surface area contributed by atoms with E-state index >= 15 is 0 Å². The Morgan fingerprint density at radius 2 is 1.73 bits per heavy atom. The zero-order chi connectivity index (χ0) is 40.3. The van der Waals surface area contributed by atoms with Crippen LogP contribution in [-0.2, 0) is 42.2 Å². The van der Waals surface area contributed by atoms with Crippen LogP contribution in [0.2, 0.25) is 0 Å². The molecule has 3 N–H and O–H groups in total. The van der Waals surface area contributed by atoms with Gasteiger partial charge in [0.1, 0.15) is 35.3 Å². The van der Waals surface area contributed by atoms with Crippen LogP contribution in [0.15, 0.2) is 42.5 Å². The highest BCUT2D eigenvalue weighted by molar-refractivity contribution is 7.91. The van der Waals surface area contributed by atoms with Crippen molar-refractivity contribution in [3.05, 3.63) is 59.4 Å². The Labute approximate surface area is 316 Å². The van der Waals surface area contributed by atoms with E-state index in [1.807, 2.05) is 0 Å². The van der Waals surface area contributed by atoms with Crippen LogP contribution >= 0.6 is 0 Å². The number of fused-ring (bicyclic) bond motifs is 1. The van der Waals surface area contributed by atoms with Crippen molar-refractivity contribution in [1.82, 2.24) is 19.8 Å². The summed E-state index contributed by atoms with van der Waals surface area (Å²) in [6.45, 7) is 8.21. The predicted octanol–water partition coefficient (Wildman–Crippen LogP) is 4.96. The first-order valence-corrected chi connectivity index (χ1v) is 19.6. The summed E-state index contributed by atoms with van der Waals surface area (Å²) in [4.78, 5) is 58.3. The Bertz CT molecular complexity index is 1990. The van der Waals surface area contributed by atoms with Gasteiger partial charge in [-0.2, -0.15) is 0 Å². The molecule has 0 radical (unpaired) electrons. The van der Waals surface area contributed by atoms with Gasteiger partial charge >= 0.3 is 12.5 Å². The first-order valence-electron chi connectivity index (χ1n) is 18.1. The maximum atomic E-state index is 14.6. The van der Waals surface area contributed by atoms with Gasteiger partial charge < -0.3 is 25.0 Å². The molecule has 2 saturated carbocycles. The second-order valence-corrected chi connectivity index (χ2v) is 18.4. The second-order valence-electron chi connectivity index (χ2n) is 16.2. The van der Waals surface area contributed by atoms with Crippen molar-refractivity contribution in [2.75, 3.05) is 11.9 Å². The van der Waals surface area contributed by atoms with Gasteiger partial charge in [-0.1, -0.05) is 52.3 Å². The van der Waals surface area contributed by atoms with Crippen LogP contribution in [0, 0.1) is 17.2 Å². The van der Waals surface area contributed by atoms with Gasteiger partial charge in [-0.3, -0.25) is 24.0 Å². The normalized spacial score (nSPS) is 24.7. The first-order chi connectivity index (χ1) is 25.6. The Morgan fingerprint density at radius 1 is 1.04 bits per heavy atom. The van der Waals surface area contributed by atoms with Gasteiger partial charge in [-0.25, -0.2) is 17.6 Å². The molecule has 5 unspecified atom stereocenters. The summed E-state index contributed by atoms with van der Waals surface area (Å²) in [6, 6.07) is 6.97. The predicted molar refractivity (Wildman–Crippen MR) is 190 cm³/mol. The second kappa shape index (κ2) is 14.2. The molecule has 3 fully saturated rings. The molecule has 0 bridgehead atoms. The van der Waals surface area contributed by atoms with Crippen LogP contribution in [0.1, 0.15) is 77.8 Å². The van der Waals surface area contributed by atoms with Crippen molar-refractivity contribution in [3.63, 3.8) is 0 Å². The maximum Gasteiger partial charge on any atom is 0.573 e. The molecule has 2 aliphatic carbocycles. The largest absolute Gasteiger partial charge is 0.573 e. The average Bonchev–Trinajstić information content (AvgIpc) is 3.89. The highest BCUT2D eigenvalue weighted by atomic mass is 32.2. The molecule has 0 spiro atoms. The van der Waals surface area contributed by atoms with Crippen LogP contribution in [0.3, 0.4) is 0 Å². The quantitative estimate of drug-likeness (QED) is 0.267. The SMILES string of the molecule is CCC1CC1(NC(=O)C1CC(OC(=O)N2Cc3cccc(F)c3C2)CN1C(=O)C(Nc1cccc(OC(F)(F)F)c1)C(C)(C)C)C(=O)NS(=O)(=O)C1(C)CC1. The summed E-state index contributed by atoms with van der Waals surface area (Å²) in [5.74, 6) is -3.71. The minimum atomic E-state index is -4.96. The third-order valence-corrected chi connectivity index (χ3v) is 13.1. The first kappa shape index (κ1) is 40.1. The van der Waals surface area contributed by atoms with Crippen molar-refractivity contribution in [2.45, 2.75) is 115 Å². The monoisotopic (exact) mass is 795 g/mol. The van der Waals surface area contributed by atoms with Crippen molar-refractivity contribution >= 4 is 39.5 Å². The van der Waals surface area contributed by atoms with Crippen molar-refractivity contribution < 1.29 is 54.6 Å². The van der Waals surface area contributed by atoms with E-state index in [4.69, 9.17) is 4.74 Å². The molecule has 4 aliphatic rings. The lowest BCUT2D eigenvalue weighted by Crippen LogP contribution is -2.59. The molecule has 0 aromatic heterocycles. The fraction of sp³-hybridized carbons (Fsp3) is 0.568. The number of likely N-dealkylation sites (tertiary alicyclic amines) is 1. The van der Waals surface area contributed by atoms with Gasteiger partial charge in [0.25, 0.3) is 5.91 Å². The van der Waals surface area contributed by atoms with Crippen LogP contribution in [0.4, 0.5) is 28.0 Å². The molecule has 13 nitrogen and oxygen atoms in total. The van der Waals surface area contributed by atoms with E-state index in [1.165, 1.54) is 41.0 Å². The lowest BCUT2D eigenvalue weighted by molar-refractivity contribution is -0.274. The fourth-order valence-electron chi connectivity index (χ4n) is 7.26. The molecular weight excluding hydrogens is 750 g/mol. The van der Waals surface area contributed by atoms with E-state index in [9.17, 15) is 45.2 Å². The highest BCUT2D eigenvalue weighted by Gasteiger charge is 2.63. The van der Waals surface area contributed by atoms with Crippen molar-refractivity contribution in [3.8, 4) is 5.75 Å². The van der Waals surface area contributed by atoms with Crippen LogP contribution in [0.25, 0.3) is 0 Å². The number of rotatable bonds is 11. The summed E-state index contributed by atoms with van der Waals surface area (Å²) in [7, 11) is -4.04. The molecule has 2 aromatic carbocycles. The van der Waals surface area contributed by atoms with Crippen molar-refractivity contribution in [2.24, 2.45) is 11.3 Å². The van der Waals surface area contributed by atoms with E-state index in [0.29, 0.717) is 30.4 Å². The summed E-state index contributed by atoms with van der Waals surface area (Å²) in [5, 5.41) is 5.73. The number of hydrogen-bond acceptors (Lipinski definition) is 9. The molecule has 4 amide bonds. The van der Waals surface area contributed by atoms with Crippen LogP contribution in [0.5, 0.6) is 5.75 Å². The number of sulfonamides is 1.